The van der Waals surface area contributed by atoms with Gasteiger partial charge in [-0.2, -0.15) is 0 Å². The predicted octanol–water partition coefficient (Wildman–Crippen LogP) is 2.01. The fraction of sp³-hybridized carbons (Fsp3) is 0.438. The number of aromatic nitrogens is 2. The van der Waals surface area contributed by atoms with Gasteiger partial charge in [-0.15, -0.1) is 0 Å². The van der Waals surface area contributed by atoms with Crippen molar-refractivity contribution in [2.75, 3.05) is 6.54 Å². The SMILES string of the molecule is Cc1nc2ccc(F)cc2c(=O)n1CCNC(=O)CC(C)C. The minimum Gasteiger partial charge on any atom is -0.354 e. The molecule has 118 valence electrons. The van der Waals surface area contributed by atoms with Crippen LogP contribution in [-0.2, 0) is 11.3 Å². The number of rotatable bonds is 5. The van der Waals surface area contributed by atoms with Crippen molar-refractivity contribution in [1.82, 2.24) is 14.9 Å². The molecule has 1 amide bonds. The Morgan fingerprint density at radius 2 is 2.14 bits per heavy atom. The zero-order valence-electron chi connectivity index (χ0n) is 13.0. The van der Waals surface area contributed by atoms with E-state index in [1.54, 1.807) is 6.92 Å². The summed E-state index contributed by atoms with van der Waals surface area (Å²) in [6, 6.07) is 3.97. The molecule has 1 N–H and O–H groups in total. The van der Waals surface area contributed by atoms with Crippen molar-refractivity contribution in [1.29, 1.82) is 0 Å². The van der Waals surface area contributed by atoms with Gasteiger partial charge in [0.15, 0.2) is 0 Å². The summed E-state index contributed by atoms with van der Waals surface area (Å²) in [4.78, 5) is 28.3. The maximum Gasteiger partial charge on any atom is 0.261 e. The Hall–Kier alpha value is -2.24. The molecule has 0 spiro atoms. The van der Waals surface area contributed by atoms with E-state index in [-0.39, 0.29) is 22.8 Å². The number of halogens is 1. The van der Waals surface area contributed by atoms with Gasteiger partial charge < -0.3 is 5.32 Å². The van der Waals surface area contributed by atoms with Crippen LogP contribution in [0.5, 0.6) is 0 Å². The van der Waals surface area contributed by atoms with Crippen LogP contribution in [0.4, 0.5) is 4.39 Å². The molecule has 0 saturated carbocycles. The molecule has 0 radical (unpaired) electrons. The fourth-order valence-corrected chi connectivity index (χ4v) is 2.32. The monoisotopic (exact) mass is 305 g/mol. The number of carbonyl (C=O) groups is 1. The number of fused-ring (bicyclic) bond motifs is 1. The smallest absolute Gasteiger partial charge is 0.261 e. The van der Waals surface area contributed by atoms with Gasteiger partial charge in [0.05, 0.1) is 10.9 Å². The van der Waals surface area contributed by atoms with Crippen LogP contribution in [0.15, 0.2) is 23.0 Å². The Balaban J connectivity index is 2.18. The molecule has 0 saturated heterocycles. The van der Waals surface area contributed by atoms with Crippen molar-refractivity contribution in [3.8, 4) is 0 Å². The number of amides is 1. The van der Waals surface area contributed by atoms with E-state index in [0.717, 1.165) is 0 Å². The first-order valence-corrected chi connectivity index (χ1v) is 7.32. The zero-order valence-corrected chi connectivity index (χ0v) is 13.0. The van der Waals surface area contributed by atoms with Crippen LogP contribution < -0.4 is 10.9 Å². The lowest BCUT2D eigenvalue weighted by Crippen LogP contribution is -2.32. The summed E-state index contributed by atoms with van der Waals surface area (Å²) in [5.74, 6) is 0.324. The number of aryl methyl sites for hydroxylation is 1. The van der Waals surface area contributed by atoms with Gasteiger partial charge in [-0.1, -0.05) is 13.8 Å². The van der Waals surface area contributed by atoms with Crippen LogP contribution in [-0.4, -0.2) is 22.0 Å². The maximum atomic E-state index is 13.3. The summed E-state index contributed by atoms with van der Waals surface area (Å²) < 4.78 is 14.8. The summed E-state index contributed by atoms with van der Waals surface area (Å²) in [6.45, 7) is 6.31. The van der Waals surface area contributed by atoms with Crippen molar-refractivity contribution in [3.63, 3.8) is 0 Å². The molecule has 0 atom stereocenters. The summed E-state index contributed by atoms with van der Waals surface area (Å²) >= 11 is 0. The first-order valence-electron chi connectivity index (χ1n) is 7.32. The van der Waals surface area contributed by atoms with E-state index in [4.69, 9.17) is 0 Å². The molecule has 0 aliphatic heterocycles. The molecule has 0 bridgehead atoms. The van der Waals surface area contributed by atoms with E-state index in [9.17, 15) is 14.0 Å². The molecule has 0 fully saturated rings. The van der Waals surface area contributed by atoms with Crippen molar-refractivity contribution in [2.45, 2.75) is 33.7 Å². The Labute approximate surface area is 128 Å². The van der Waals surface area contributed by atoms with Crippen molar-refractivity contribution >= 4 is 16.8 Å². The summed E-state index contributed by atoms with van der Waals surface area (Å²) in [7, 11) is 0. The van der Waals surface area contributed by atoms with Gasteiger partial charge in [0.2, 0.25) is 5.91 Å². The third-order valence-corrected chi connectivity index (χ3v) is 3.36. The number of nitrogens with one attached hydrogen (secondary N) is 1. The topological polar surface area (TPSA) is 64.0 Å². The highest BCUT2D eigenvalue weighted by molar-refractivity contribution is 5.77. The maximum absolute atomic E-state index is 13.3. The molecule has 0 aliphatic rings. The van der Waals surface area contributed by atoms with E-state index in [0.29, 0.717) is 30.9 Å². The number of carbonyl (C=O) groups excluding carboxylic acids is 1. The molecule has 0 aliphatic carbocycles. The Morgan fingerprint density at radius 3 is 2.82 bits per heavy atom. The third kappa shape index (κ3) is 3.69. The van der Waals surface area contributed by atoms with Crippen LogP contribution >= 0.6 is 0 Å². The Morgan fingerprint density at radius 1 is 1.41 bits per heavy atom. The number of nitrogens with zero attached hydrogens (tertiary/aromatic N) is 2. The van der Waals surface area contributed by atoms with Crippen LogP contribution in [0.1, 0.15) is 26.1 Å². The molecule has 1 aromatic carbocycles. The molecular formula is C16H20FN3O2. The van der Waals surface area contributed by atoms with Gasteiger partial charge in [0.1, 0.15) is 11.6 Å². The first kappa shape index (κ1) is 16.1. The van der Waals surface area contributed by atoms with E-state index in [2.05, 4.69) is 10.3 Å². The van der Waals surface area contributed by atoms with E-state index >= 15 is 0 Å². The second-order valence-corrected chi connectivity index (χ2v) is 5.73. The highest BCUT2D eigenvalue weighted by atomic mass is 19.1. The lowest BCUT2D eigenvalue weighted by molar-refractivity contribution is -0.121. The van der Waals surface area contributed by atoms with Crippen LogP contribution in [0.3, 0.4) is 0 Å². The van der Waals surface area contributed by atoms with E-state index in [1.807, 2.05) is 13.8 Å². The standard InChI is InChI=1S/C16H20FN3O2/c1-10(2)8-15(21)18-6-7-20-11(3)19-14-5-4-12(17)9-13(14)16(20)22/h4-5,9-10H,6-8H2,1-3H3,(H,18,21). The quantitative estimate of drug-likeness (QED) is 0.919. The molecule has 0 unspecified atom stereocenters. The number of benzene rings is 1. The Bertz CT molecular complexity index is 753. The molecule has 1 aromatic heterocycles. The van der Waals surface area contributed by atoms with Crippen molar-refractivity contribution < 1.29 is 9.18 Å². The van der Waals surface area contributed by atoms with Gasteiger partial charge in [0, 0.05) is 19.5 Å². The summed E-state index contributed by atoms with van der Waals surface area (Å²) in [6.07, 6.45) is 0.453. The zero-order chi connectivity index (χ0) is 16.3. The summed E-state index contributed by atoms with van der Waals surface area (Å²) in [5.41, 5.74) is 0.184. The lowest BCUT2D eigenvalue weighted by atomic mass is 10.1. The van der Waals surface area contributed by atoms with Crippen LogP contribution in [0.2, 0.25) is 0 Å². The fourth-order valence-electron chi connectivity index (χ4n) is 2.32. The Kier molecular flexibility index (Phi) is 4.90. The number of hydrogen-bond acceptors (Lipinski definition) is 3. The largest absolute Gasteiger partial charge is 0.354 e. The molecule has 5 nitrogen and oxygen atoms in total. The lowest BCUT2D eigenvalue weighted by Gasteiger charge is -2.12. The van der Waals surface area contributed by atoms with Gasteiger partial charge in [0.25, 0.3) is 5.56 Å². The summed E-state index contributed by atoms with van der Waals surface area (Å²) in [5, 5.41) is 3.03. The first-order chi connectivity index (χ1) is 10.4. The normalized spacial score (nSPS) is 11.1. The van der Waals surface area contributed by atoms with Crippen LogP contribution in [0.25, 0.3) is 10.9 Å². The molecule has 1 heterocycles. The highest BCUT2D eigenvalue weighted by Gasteiger charge is 2.10. The molecule has 2 rings (SSSR count). The van der Waals surface area contributed by atoms with E-state index < -0.39 is 5.82 Å². The van der Waals surface area contributed by atoms with Gasteiger partial charge in [-0.3, -0.25) is 14.2 Å². The second-order valence-electron chi connectivity index (χ2n) is 5.73. The van der Waals surface area contributed by atoms with Crippen molar-refractivity contribution in [2.24, 2.45) is 5.92 Å². The van der Waals surface area contributed by atoms with Gasteiger partial charge in [-0.25, -0.2) is 9.37 Å². The third-order valence-electron chi connectivity index (χ3n) is 3.36. The van der Waals surface area contributed by atoms with E-state index in [1.165, 1.54) is 22.8 Å². The van der Waals surface area contributed by atoms with Gasteiger partial charge >= 0.3 is 0 Å². The number of hydrogen-bond donors (Lipinski definition) is 1. The molecule has 22 heavy (non-hydrogen) atoms. The predicted molar refractivity (Wildman–Crippen MR) is 83.2 cm³/mol. The van der Waals surface area contributed by atoms with Gasteiger partial charge in [-0.05, 0) is 31.0 Å². The average Bonchev–Trinajstić information content (AvgIpc) is 2.42. The molecular weight excluding hydrogens is 285 g/mol. The minimum absolute atomic E-state index is 0.0412. The molecule has 6 heteroatoms. The second kappa shape index (κ2) is 6.68. The minimum atomic E-state index is -0.466. The highest BCUT2D eigenvalue weighted by Crippen LogP contribution is 2.10. The molecule has 2 aromatic rings. The average molecular weight is 305 g/mol. The van der Waals surface area contributed by atoms with Crippen LogP contribution in [0, 0.1) is 18.7 Å². The van der Waals surface area contributed by atoms with Crippen molar-refractivity contribution in [3.05, 3.63) is 40.2 Å².